The van der Waals surface area contributed by atoms with Crippen LogP contribution in [0.4, 0.5) is 0 Å². The maximum Gasteiger partial charge on any atom is 0.326 e. The van der Waals surface area contributed by atoms with Crippen LogP contribution in [0.3, 0.4) is 0 Å². The molecule has 4 rings (SSSR count). The molecule has 0 aromatic heterocycles. The quantitative estimate of drug-likeness (QED) is 0.124. The number of rotatable bonds is 13. The molecule has 1 amide bonds. The van der Waals surface area contributed by atoms with Crippen molar-refractivity contribution < 1.29 is 33.3 Å². The monoisotopic (exact) mass is 611 g/mol. The number of carboxylic acids is 1. The maximum atomic E-state index is 14.5. The van der Waals surface area contributed by atoms with Crippen LogP contribution in [0.1, 0.15) is 70.3 Å². The molecule has 3 fully saturated rings. The summed E-state index contributed by atoms with van der Waals surface area (Å²) in [5, 5.41) is 9.93. The van der Waals surface area contributed by atoms with E-state index >= 15 is 0 Å². The second kappa shape index (κ2) is 14.6. The van der Waals surface area contributed by atoms with Gasteiger partial charge in [0, 0.05) is 43.0 Å². The average molecular weight is 612 g/mol. The Morgan fingerprint density at radius 2 is 1.80 bits per heavy atom. The molecule has 1 spiro atoms. The first-order valence-electron chi connectivity index (χ1n) is 14.5. The lowest BCUT2D eigenvalue weighted by atomic mass is 9.89. The predicted octanol–water partition coefficient (Wildman–Crippen LogP) is 6.03. The van der Waals surface area contributed by atoms with Crippen molar-refractivity contribution in [2.45, 2.75) is 87.5 Å². The van der Waals surface area contributed by atoms with Gasteiger partial charge < -0.3 is 14.7 Å². The molecule has 2 unspecified atom stereocenters. The standard InChI is InChI=1S/C29H42NO7PS2/c1-2-26(32)36-28(23-14-7-4-8-15-23)37-38(35,16-10-9-13-22-11-5-3-6-12-22)20-25(31)30-21-29(39-17-18-40-29)19-24(30)27(33)34/h3,5-6,11-12,23-24,28H,2,4,7-10,13-21H2,1H3,(H,33,34)/t24?,28-,38?/m0/s1. The highest BCUT2D eigenvalue weighted by Gasteiger charge is 2.52. The van der Waals surface area contributed by atoms with E-state index in [0.717, 1.165) is 56.5 Å². The number of ether oxygens (including phenoxy) is 1. The number of hydrogen-bond acceptors (Lipinski definition) is 8. The van der Waals surface area contributed by atoms with Crippen molar-refractivity contribution in [3.8, 4) is 0 Å². The van der Waals surface area contributed by atoms with Gasteiger partial charge in [-0.3, -0.25) is 18.7 Å². The number of carbonyl (C=O) groups is 3. The smallest absolute Gasteiger partial charge is 0.326 e. The summed E-state index contributed by atoms with van der Waals surface area (Å²) in [5.74, 6) is -0.116. The minimum atomic E-state index is -3.61. The molecular formula is C29H42NO7PS2. The molecule has 2 aliphatic heterocycles. The lowest BCUT2D eigenvalue weighted by molar-refractivity contribution is -0.172. The fraction of sp³-hybridized carbons (Fsp3) is 0.690. The molecule has 222 valence electrons. The lowest BCUT2D eigenvalue weighted by Gasteiger charge is -2.33. The molecule has 2 saturated heterocycles. The highest BCUT2D eigenvalue weighted by Crippen LogP contribution is 2.54. The zero-order valence-electron chi connectivity index (χ0n) is 23.3. The second-order valence-corrected chi connectivity index (χ2v) is 16.9. The van der Waals surface area contributed by atoms with E-state index in [1.54, 1.807) is 30.4 Å². The number of thioether (sulfide) groups is 2. The molecule has 0 radical (unpaired) electrons. The van der Waals surface area contributed by atoms with E-state index in [1.165, 1.54) is 10.5 Å². The molecule has 1 aliphatic carbocycles. The zero-order chi connectivity index (χ0) is 28.6. The zero-order valence-corrected chi connectivity index (χ0v) is 25.9. The molecular weight excluding hydrogens is 569 g/mol. The minimum Gasteiger partial charge on any atom is -0.480 e. The Bertz CT molecular complexity index is 1060. The summed E-state index contributed by atoms with van der Waals surface area (Å²) in [7, 11) is -3.61. The molecule has 1 aromatic rings. The van der Waals surface area contributed by atoms with Gasteiger partial charge in [-0.1, -0.05) is 56.5 Å². The fourth-order valence-electron chi connectivity index (χ4n) is 5.83. The van der Waals surface area contributed by atoms with Crippen LogP contribution in [0.5, 0.6) is 0 Å². The highest BCUT2D eigenvalue weighted by molar-refractivity contribution is 8.21. The summed E-state index contributed by atoms with van der Waals surface area (Å²) in [6, 6.07) is 9.11. The number of esters is 1. The van der Waals surface area contributed by atoms with E-state index < -0.39 is 37.5 Å². The van der Waals surface area contributed by atoms with Gasteiger partial charge in [-0.05, 0) is 37.7 Å². The van der Waals surface area contributed by atoms with Gasteiger partial charge >= 0.3 is 11.9 Å². The second-order valence-electron chi connectivity index (χ2n) is 11.0. The number of carbonyl (C=O) groups excluding carboxylic acids is 2. The number of hydrogen-bond donors (Lipinski definition) is 1. The van der Waals surface area contributed by atoms with E-state index in [1.807, 2.05) is 18.2 Å². The number of carboxylic acid groups (broad SMARTS) is 1. The van der Waals surface area contributed by atoms with E-state index in [9.17, 15) is 24.1 Å². The fourth-order valence-corrected chi connectivity index (χ4v) is 11.3. The van der Waals surface area contributed by atoms with Gasteiger partial charge in [-0.25, -0.2) is 4.79 Å². The number of nitrogens with zero attached hydrogens (tertiary/aromatic N) is 1. The van der Waals surface area contributed by atoms with Crippen molar-refractivity contribution in [2.75, 3.05) is 30.4 Å². The van der Waals surface area contributed by atoms with Gasteiger partial charge in [0.05, 0.1) is 4.08 Å². The van der Waals surface area contributed by atoms with Crippen LogP contribution in [0.15, 0.2) is 30.3 Å². The Balaban J connectivity index is 1.50. The summed E-state index contributed by atoms with van der Waals surface area (Å²) in [6.45, 7) is 2.03. The summed E-state index contributed by atoms with van der Waals surface area (Å²) in [4.78, 5) is 39.6. The molecule has 1 aromatic carbocycles. The molecule has 3 aliphatic rings. The van der Waals surface area contributed by atoms with Crippen LogP contribution < -0.4 is 0 Å². The van der Waals surface area contributed by atoms with Crippen LogP contribution in [0.25, 0.3) is 0 Å². The maximum absolute atomic E-state index is 14.5. The first kappa shape index (κ1) is 31.5. The first-order valence-corrected chi connectivity index (χ1v) is 18.5. The van der Waals surface area contributed by atoms with Crippen LogP contribution in [0.2, 0.25) is 0 Å². The van der Waals surface area contributed by atoms with Crippen molar-refractivity contribution in [1.29, 1.82) is 0 Å². The van der Waals surface area contributed by atoms with Gasteiger partial charge in [0.25, 0.3) is 0 Å². The topological polar surface area (TPSA) is 110 Å². The van der Waals surface area contributed by atoms with Crippen molar-refractivity contribution in [3.63, 3.8) is 0 Å². The third-order valence-corrected chi connectivity index (χ3v) is 13.8. The van der Waals surface area contributed by atoms with E-state index in [2.05, 4.69) is 12.1 Å². The minimum absolute atomic E-state index is 0.0647. The van der Waals surface area contributed by atoms with Crippen molar-refractivity contribution in [3.05, 3.63) is 35.9 Å². The molecule has 1 N–H and O–H groups in total. The van der Waals surface area contributed by atoms with Crippen molar-refractivity contribution >= 4 is 48.7 Å². The third-order valence-electron chi connectivity index (χ3n) is 8.01. The predicted molar refractivity (Wildman–Crippen MR) is 160 cm³/mol. The number of benzene rings is 1. The molecule has 1 saturated carbocycles. The molecule has 11 heteroatoms. The normalized spacial score (nSPS) is 23.1. The largest absolute Gasteiger partial charge is 0.480 e. The van der Waals surface area contributed by atoms with Crippen LogP contribution >= 0.6 is 30.9 Å². The molecule has 40 heavy (non-hydrogen) atoms. The van der Waals surface area contributed by atoms with E-state index in [0.29, 0.717) is 19.4 Å². The Labute approximate surface area is 246 Å². The number of aryl methyl sites for hydroxylation is 1. The van der Waals surface area contributed by atoms with Crippen LogP contribution in [-0.2, 0) is 34.6 Å². The van der Waals surface area contributed by atoms with E-state index in [-0.39, 0.29) is 28.7 Å². The van der Waals surface area contributed by atoms with Gasteiger partial charge in [0.15, 0.2) is 0 Å². The summed E-state index contributed by atoms with van der Waals surface area (Å²) >= 11 is 3.43. The summed E-state index contributed by atoms with van der Waals surface area (Å²) in [6.07, 6.45) is 6.27. The Morgan fingerprint density at radius 3 is 2.45 bits per heavy atom. The van der Waals surface area contributed by atoms with Crippen LogP contribution in [-0.4, -0.2) is 74.6 Å². The third kappa shape index (κ3) is 8.52. The number of aliphatic carboxylic acids is 1. The number of amides is 1. The lowest BCUT2D eigenvalue weighted by Crippen LogP contribution is -2.42. The van der Waals surface area contributed by atoms with Gasteiger partial charge in [-0.15, -0.1) is 23.5 Å². The Hall–Kier alpha value is -1.48. The molecule has 0 bridgehead atoms. The molecule has 8 nitrogen and oxygen atoms in total. The van der Waals surface area contributed by atoms with Crippen LogP contribution in [0, 0.1) is 5.92 Å². The number of unbranched alkanes of at least 4 members (excludes halogenated alkanes) is 1. The highest BCUT2D eigenvalue weighted by atomic mass is 32.2. The van der Waals surface area contributed by atoms with Gasteiger partial charge in [0.1, 0.15) is 12.2 Å². The molecule has 3 atom stereocenters. The van der Waals surface area contributed by atoms with Gasteiger partial charge in [-0.2, -0.15) is 0 Å². The van der Waals surface area contributed by atoms with Crippen molar-refractivity contribution in [2.24, 2.45) is 5.92 Å². The number of likely N-dealkylation sites (tertiary alicyclic amines) is 1. The SMILES string of the molecule is CCC(=O)O[C@@H](OP(=O)(CCCCc1ccccc1)CC(=O)N1CC2(CC1C(=O)O)SCCS2)C1CCCCC1. The Morgan fingerprint density at radius 1 is 1.10 bits per heavy atom. The Kier molecular flexibility index (Phi) is 11.5. The average Bonchev–Trinajstić information content (AvgIpc) is 3.58. The molecule has 2 heterocycles. The first-order chi connectivity index (χ1) is 19.2. The van der Waals surface area contributed by atoms with E-state index in [4.69, 9.17) is 9.26 Å². The summed E-state index contributed by atoms with van der Waals surface area (Å²) in [5.41, 5.74) is 1.18. The summed E-state index contributed by atoms with van der Waals surface area (Å²) < 4.78 is 26.1. The van der Waals surface area contributed by atoms with Gasteiger partial charge in [0.2, 0.25) is 19.6 Å². The van der Waals surface area contributed by atoms with Crippen molar-refractivity contribution in [1.82, 2.24) is 4.90 Å².